The van der Waals surface area contributed by atoms with Gasteiger partial charge in [0.25, 0.3) is 5.56 Å². The molecule has 0 aliphatic rings. The molecule has 0 unspecified atom stereocenters. The largest absolute Gasteiger partial charge is 0.494 e. The van der Waals surface area contributed by atoms with E-state index in [0.717, 1.165) is 5.75 Å². The molecule has 2 aromatic carbocycles. The summed E-state index contributed by atoms with van der Waals surface area (Å²) in [7, 11) is 1.80. The predicted octanol–water partition coefficient (Wildman–Crippen LogP) is 2.92. The number of carbonyl (C=O) groups excluding carboxylic acids is 1. The maximum absolute atomic E-state index is 12.4. The Balaban J connectivity index is 1.38. The van der Waals surface area contributed by atoms with Gasteiger partial charge in [-0.05, 0) is 43.3 Å². The number of anilines is 1. The first-order valence-electron chi connectivity index (χ1n) is 10.0. The third kappa shape index (κ3) is 4.97. The standard InChI is InChI=1S/C22H22N6O3S/c1-3-31-15-10-8-14(9-11-15)23-20(29)12-19-26-27-22(28(19)2)32-13-18-24-17-7-5-4-6-16(17)21(30)25-18/h4-11H,3,12-13H2,1-2H3,(H,23,29)(H,24,25,30). The first-order valence-corrected chi connectivity index (χ1v) is 11.0. The van der Waals surface area contributed by atoms with Crippen LogP contribution in [-0.2, 0) is 24.0 Å². The molecule has 0 aliphatic carbocycles. The number of nitrogens with one attached hydrogen (secondary N) is 2. The summed E-state index contributed by atoms with van der Waals surface area (Å²) in [4.78, 5) is 31.9. The van der Waals surface area contributed by atoms with Crippen molar-refractivity contribution in [2.24, 2.45) is 7.05 Å². The maximum Gasteiger partial charge on any atom is 0.258 e. The Morgan fingerprint density at radius 1 is 1.16 bits per heavy atom. The number of hydrogen-bond donors (Lipinski definition) is 2. The maximum atomic E-state index is 12.4. The molecule has 1 amide bonds. The fraction of sp³-hybridized carbons (Fsp3) is 0.227. The lowest BCUT2D eigenvalue weighted by atomic mass is 10.2. The van der Waals surface area contributed by atoms with Crippen molar-refractivity contribution < 1.29 is 9.53 Å². The zero-order valence-corrected chi connectivity index (χ0v) is 18.5. The first kappa shape index (κ1) is 21.6. The number of fused-ring (bicyclic) bond motifs is 1. The number of hydrogen-bond acceptors (Lipinski definition) is 7. The lowest BCUT2D eigenvalue weighted by Gasteiger charge is -2.07. The summed E-state index contributed by atoms with van der Waals surface area (Å²) in [6.45, 7) is 2.51. The number of aromatic amines is 1. The molecule has 0 fully saturated rings. The number of para-hydroxylation sites is 1. The quantitative estimate of drug-likeness (QED) is 0.397. The number of aromatic nitrogens is 5. The van der Waals surface area contributed by atoms with E-state index in [1.54, 1.807) is 48.0 Å². The summed E-state index contributed by atoms with van der Waals surface area (Å²) in [6.07, 6.45) is 0.0856. The molecule has 4 aromatic rings. The topological polar surface area (TPSA) is 115 Å². The van der Waals surface area contributed by atoms with E-state index in [2.05, 4.69) is 25.5 Å². The average molecular weight is 451 g/mol. The Kier molecular flexibility index (Phi) is 6.50. The minimum Gasteiger partial charge on any atom is -0.494 e. The van der Waals surface area contributed by atoms with E-state index in [9.17, 15) is 9.59 Å². The van der Waals surface area contributed by atoms with E-state index in [-0.39, 0.29) is 17.9 Å². The predicted molar refractivity (Wildman–Crippen MR) is 123 cm³/mol. The summed E-state index contributed by atoms with van der Waals surface area (Å²) < 4.78 is 7.17. The summed E-state index contributed by atoms with van der Waals surface area (Å²) in [5.41, 5.74) is 1.16. The van der Waals surface area contributed by atoms with Gasteiger partial charge in [-0.2, -0.15) is 0 Å². The van der Waals surface area contributed by atoms with E-state index < -0.39 is 0 Å². The molecule has 2 N–H and O–H groups in total. The molecule has 2 aromatic heterocycles. The van der Waals surface area contributed by atoms with Crippen LogP contribution in [0, 0.1) is 0 Å². The first-order chi connectivity index (χ1) is 15.5. The average Bonchev–Trinajstić information content (AvgIpc) is 3.13. The van der Waals surface area contributed by atoms with Crippen molar-refractivity contribution in [1.29, 1.82) is 0 Å². The Morgan fingerprint density at radius 2 is 1.94 bits per heavy atom. The summed E-state index contributed by atoms with van der Waals surface area (Å²) in [5, 5.41) is 12.3. The number of ether oxygens (including phenoxy) is 1. The molecular formula is C22H22N6O3S. The van der Waals surface area contributed by atoms with E-state index >= 15 is 0 Å². The third-order valence-electron chi connectivity index (χ3n) is 4.69. The van der Waals surface area contributed by atoms with Crippen molar-refractivity contribution in [3.05, 3.63) is 70.5 Å². The van der Waals surface area contributed by atoms with E-state index in [0.29, 0.717) is 45.8 Å². The summed E-state index contributed by atoms with van der Waals surface area (Å²) >= 11 is 1.39. The lowest BCUT2D eigenvalue weighted by Crippen LogP contribution is -2.17. The van der Waals surface area contributed by atoms with Gasteiger partial charge in [0.1, 0.15) is 17.4 Å². The number of amides is 1. The van der Waals surface area contributed by atoms with Gasteiger partial charge in [0, 0.05) is 12.7 Å². The van der Waals surface area contributed by atoms with Crippen molar-refractivity contribution in [1.82, 2.24) is 24.7 Å². The zero-order valence-electron chi connectivity index (χ0n) is 17.7. The minimum atomic E-state index is -0.193. The van der Waals surface area contributed by atoms with E-state index in [1.807, 2.05) is 19.1 Å². The highest BCUT2D eigenvalue weighted by atomic mass is 32.2. The van der Waals surface area contributed by atoms with Gasteiger partial charge in [0.2, 0.25) is 5.91 Å². The SMILES string of the molecule is CCOc1ccc(NC(=O)Cc2nnc(SCc3nc4ccccc4c(=O)[nH]3)n2C)cc1. The van der Waals surface area contributed by atoms with Crippen molar-refractivity contribution in [2.45, 2.75) is 24.3 Å². The summed E-state index contributed by atoms with van der Waals surface area (Å²) in [6, 6.07) is 14.4. The molecule has 0 bridgehead atoms. The van der Waals surface area contributed by atoms with Gasteiger partial charge in [-0.15, -0.1) is 10.2 Å². The van der Waals surface area contributed by atoms with Crippen LogP contribution in [0.2, 0.25) is 0 Å². The van der Waals surface area contributed by atoms with Crippen molar-refractivity contribution in [3.63, 3.8) is 0 Å². The molecule has 2 heterocycles. The number of H-pyrrole nitrogens is 1. The molecule has 0 atom stereocenters. The van der Waals surface area contributed by atoms with Crippen LogP contribution >= 0.6 is 11.8 Å². The van der Waals surface area contributed by atoms with Gasteiger partial charge in [0.05, 0.1) is 29.7 Å². The molecule has 164 valence electrons. The molecule has 0 aliphatic heterocycles. The van der Waals surface area contributed by atoms with E-state index in [4.69, 9.17) is 4.74 Å². The highest BCUT2D eigenvalue weighted by Gasteiger charge is 2.14. The molecule has 0 radical (unpaired) electrons. The van der Waals surface area contributed by atoms with Gasteiger partial charge in [0.15, 0.2) is 5.16 Å². The second-order valence-electron chi connectivity index (χ2n) is 6.96. The Morgan fingerprint density at radius 3 is 2.72 bits per heavy atom. The Labute approximate surface area is 188 Å². The number of rotatable bonds is 8. The molecule has 0 spiro atoms. The van der Waals surface area contributed by atoms with Gasteiger partial charge in [-0.3, -0.25) is 9.59 Å². The van der Waals surface area contributed by atoms with Crippen molar-refractivity contribution >= 4 is 34.3 Å². The fourth-order valence-electron chi connectivity index (χ4n) is 3.11. The molecule has 4 rings (SSSR count). The monoisotopic (exact) mass is 450 g/mol. The second kappa shape index (κ2) is 9.65. The van der Waals surface area contributed by atoms with Crippen molar-refractivity contribution in [3.8, 4) is 5.75 Å². The fourth-order valence-corrected chi connectivity index (χ4v) is 3.91. The molecule has 0 saturated heterocycles. The molecule has 0 saturated carbocycles. The van der Waals surface area contributed by atoms with Crippen LogP contribution in [0.25, 0.3) is 10.9 Å². The van der Waals surface area contributed by atoms with E-state index in [1.165, 1.54) is 11.8 Å². The normalized spacial score (nSPS) is 10.9. The van der Waals surface area contributed by atoms with Crippen LogP contribution in [0.4, 0.5) is 5.69 Å². The minimum absolute atomic E-state index is 0.0856. The number of carbonyl (C=O) groups is 1. The third-order valence-corrected chi connectivity index (χ3v) is 5.72. The second-order valence-corrected chi connectivity index (χ2v) is 7.90. The zero-order chi connectivity index (χ0) is 22.5. The number of nitrogens with zero attached hydrogens (tertiary/aromatic N) is 4. The van der Waals surface area contributed by atoms with Gasteiger partial charge in [-0.1, -0.05) is 23.9 Å². The Bertz CT molecular complexity index is 1300. The van der Waals surface area contributed by atoms with Crippen LogP contribution < -0.4 is 15.6 Å². The molecule has 10 heteroatoms. The highest BCUT2D eigenvalue weighted by molar-refractivity contribution is 7.98. The molecule has 32 heavy (non-hydrogen) atoms. The van der Waals surface area contributed by atoms with Crippen LogP contribution in [-0.4, -0.2) is 37.2 Å². The summed E-state index contributed by atoms with van der Waals surface area (Å²) in [5.74, 6) is 2.07. The van der Waals surface area contributed by atoms with Gasteiger partial charge >= 0.3 is 0 Å². The van der Waals surface area contributed by atoms with Gasteiger partial charge < -0.3 is 19.6 Å². The molecular weight excluding hydrogens is 428 g/mol. The Hall–Kier alpha value is -3.66. The van der Waals surface area contributed by atoms with Crippen LogP contribution in [0.1, 0.15) is 18.6 Å². The number of benzene rings is 2. The number of thioether (sulfide) groups is 1. The highest BCUT2D eigenvalue weighted by Crippen LogP contribution is 2.20. The molecule has 9 nitrogen and oxygen atoms in total. The smallest absolute Gasteiger partial charge is 0.258 e. The van der Waals surface area contributed by atoms with Crippen LogP contribution in [0.5, 0.6) is 5.75 Å². The lowest BCUT2D eigenvalue weighted by molar-refractivity contribution is -0.115. The van der Waals surface area contributed by atoms with Crippen LogP contribution in [0.15, 0.2) is 58.5 Å². The van der Waals surface area contributed by atoms with Crippen molar-refractivity contribution in [2.75, 3.05) is 11.9 Å². The van der Waals surface area contributed by atoms with Crippen LogP contribution in [0.3, 0.4) is 0 Å². The van der Waals surface area contributed by atoms with Gasteiger partial charge in [-0.25, -0.2) is 4.98 Å².